The molecule has 2 amide bonds. The fourth-order valence-corrected chi connectivity index (χ4v) is 3.91. The molecule has 1 aliphatic heterocycles. The number of carbonyl (C=O) groups excluding carboxylic acids is 2. The van der Waals surface area contributed by atoms with E-state index in [1.165, 1.54) is 0 Å². The van der Waals surface area contributed by atoms with Crippen LogP contribution in [0.3, 0.4) is 0 Å². The molecule has 1 saturated heterocycles. The zero-order valence-corrected chi connectivity index (χ0v) is 18.3. The highest BCUT2D eigenvalue weighted by molar-refractivity contribution is 5.95. The second kappa shape index (κ2) is 8.59. The zero-order chi connectivity index (χ0) is 22.9. The average molecular weight is 433 g/mol. The standard InChI is InChI=1S/C25H28N4O3/c1-17-3-4-20(15-21(17)16-22(26)27-2)18-5-7-19(8-6-18)23(30)28-11-13-29(14-12-28)24(31)25(32)9-10-25/h3-8,15-16,32H,2,9-14,26H2,1H3/b22-16-. The van der Waals surface area contributed by atoms with Crippen molar-refractivity contribution in [3.63, 3.8) is 0 Å². The third-order valence-electron chi connectivity index (χ3n) is 6.21. The van der Waals surface area contributed by atoms with E-state index in [4.69, 9.17) is 5.73 Å². The van der Waals surface area contributed by atoms with Gasteiger partial charge in [-0.2, -0.15) is 0 Å². The van der Waals surface area contributed by atoms with Crippen LogP contribution in [0.2, 0.25) is 0 Å². The topological polar surface area (TPSA) is 99.2 Å². The molecule has 32 heavy (non-hydrogen) atoms. The van der Waals surface area contributed by atoms with Crippen LogP contribution in [0.4, 0.5) is 0 Å². The molecule has 0 bridgehead atoms. The summed E-state index contributed by atoms with van der Waals surface area (Å²) in [7, 11) is 0. The minimum absolute atomic E-state index is 0.0499. The van der Waals surface area contributed by atoms with Crippen LogP contribution in [0, 0.1) is 6.92 Å². The van der Waals surface area contributed by atoms with Crippen LogP contribution < -0.4 is 5.73 Å². The second-order valence-corrected chi connectivity index (χ2v) is 8.49. The number of aliphatic imine (C=N–C) groups is 1. The van der Waals surface area contributed by atoms with Gasteiger partial charge in [-0.3, -0.25) is 9.59 Å². The third-order valence-corrected chi connectivity index (χ3v) is 6.21. The van der Waals surface area contributed by atoms with Crippen molar-refractivity contribution in [2.24, 2.45) is 10.7 Å². The number of hydrogen-bond acceptors (Lipinski definition) is 5. The van der Waals surface area contributed by atoms with Gasteiger partial charge in [-0.15, -0.1) is 0 Å². The van der Waals surface area contributed by atoms with Gasteiger partial charge in [0.1, 0.15) is 11.4 Å². The van der Waals surface area contributed by atoms with E-state index in [9.17, 15) is 14.7 Å². The van der Waals surface area contributed by atoms with Gasteiger partial charge in [-0.25, -0.2) is 4.99 Å². The summed E-state index contributed by atoms with van der Waals surface area (Å²) >= 11 is 0. The molecule has 0 aromatic heterocycles. The van der Waals surface area contributed by atoms with E-state index < -0.39 is 5.60 Å². The minimum Gasteiger partial charge on any atom is -0.384 e. The molecule has 0 radical (unpaired) electrons. The number of amides is 2. The Balaban J connectivity index is 1.43. The van der Waals surface area contributed by atoms with Gasteiger partial charge < -0.3 is 20.6 Å². The van der Waals surface area contributed by atoms with Crippen LogP contribution in [0.1, 0.15) is 34.3 Å². The molecule has 7 heteroatoms. The van der Waals surface area contributed by atoms with E-state index in [-0.39, 0.29) is 11.8 Å². The van der Waals surface area contributed by atoms with Gasteiger partial charge in [0.2, 0.25) is 0 Å². The fraction of sp³-hybridized carbons (Fsp3) is 0.320. The molecule has 166 valence electrons. The second-order valence-electron chi connectivity index (χ2n) is 8.49. The summed E-state index contributed by atoms with van der Waals surface area (Å²) in [6.45, 7) is 7.29. The number of rotatable bonds is 5. The zero-order valence-electron chi connectivity index (χ0n) is 18.3. The highest BCUT2D eigenvalue weighted by atomic mass is 16.3. The number of benzene rings is 2. The smallest absolute Gasteiger partial charge is 0.254 e. The molecular weight excluding hydrogens is 404 g/mol. The van der Waals surface area contributed by atoms with Crippen LogP contribution in [-0.2, 0) is 4.79 Å². The summed E-state index contributed by atoms with van der Waals surface area (Å²) in [5.74, 6) is 0.109. The van der Waals surface area contributed by atoms with Crippen molar-refractivity contribution in [3.05, 3.63) is 65.0 Å². The SMILES string of the molecule is C=N/C(N)=C\c1cc(-c2ccc(C(=O)N3CCN(C(=O)C4(O)CC4)CC3)cc2)ccc1C. The monoisotopic (exact) mass is 432 g/mol. The molecule has 0 unspecified atom stereocenters. The highest BCUT2D eigenvalue weighted by Crippen LogP contribution is 2.37. The molecule has 2 aromatic carbocycles. The van der Waals surface area contributed by atoms with E-state index in [0.29, 0.717) is 50.4 Å². The number of aryl methyl sites for hydroxylation is 1. The van der Waals surface area contributed by atoms with Crippen molar-refractivity contribution in [1.82, 2.24) is 9.80 Å². The molecule has 0 atom stereocenters. The first kappa shape index (κ1) is 21.8. The molecular formula is C25H28N4O3. The van der Waals surface area contributed by atoms with Crippen LogP contribution in [0.15, 0.2) is 53.3 Å². The lowest BCUT2D eigenvalue weighted by molar-refractivity contribution is -0.143. The normalized spacial score (nSPS) is 17.8. The van der Waals surface area contributed by atoms with E-state index in [1.54, 1.807) is 15.9 Å². The first-order chi connectivity index (χ1) is 15.3. The van der Waals surface area contributed by atoms with Crippen molar-refractivity contribution in [1.29, 1.82) is 0 Å². The Morgan fingerprint density at radius 3 is 2.22 bits per heavy atom. The summed E-state index contributed by atoms with van der Waals surface area (Å²) < 4.78 is 0. The van der Waals surface area contributed by atoms with Gasteiger partial charge in [0.25, 0.3) is 11.8 Å². The summed E-state index contributed by atoms with van der Waals surface area (Å²) in [5, 5.41) is 10.0. The van der Waals surface area contributed by atoms with Gasteiger partial charge in [0.05, 0.1) is 0 Å². The number of carbonyl (C=O) groups is 2. The lowest BCUT2D eigenvalue weighted by Gasteiger charge is -2.35. The lowest BCUT2D eigenvalue weighted by Crippen LogP contribution is -2.53. The van der Waals surface area contributed by atoms with Crippen LogP contribution in [0.25, 0.3) is 17.2 Å². The molecule has 4 rings (SSSR count). The lowest BCUT2D eigenvalue weighted by atomic mass is 9.98. The molecule has 1 heterocycles. The van der Waals surface area contributed by atoms with Gasteiger partial charge in [-0.1, -0.05) is 24.3 Å². The highest BCUT2D eigenvalue weighted by Gasteiger charge is 2.50. The van der Waals surface area contributed by atoms with Crippen molar-refractivity contribution in [2.45, 2.75) is 25.4 Å². The van der Waals surface area contributed by atoms with Gasteiger partial charge in [-0.05, 0) is 73.0 Å². The maximum Gasteiger partial charge on any atom is 0.254 e. The number of nitrogens with two attached hydrogens (primary N) is 1. The Morgan fingerprint density at radius 2 is 1.62 bits per heavy atom. The summed E-state index contributed by atoms with van der Waals surface area (Å²) in [4.78, 5) is 32.4. The summed E-state index contributed by atoms with van der Waals surface area (Å²) in [6, 6.07) is 13.6. The number of piperazine rings is 1. The Bertz CT molecular complexity index is 1080. The largest absolute Gasteiger partial charge is 0.384 e. The molecule has 7 nitrogen and oxygen atoms in total. The van der Waals surface area contributed by atoms with Crippen molar-refractivity contribution in [2.75, 3.05) is 26.2 Å². The number of aliphatic hydroxyl groups is 1. The molecule has 2 aliphatic rings. The Hall–Kier alpha value is -3.45. The molecule has 1 saturated carbocycles. The van der Waals surface area contributed by atoms with E-state index in [1.807, 2.05) is 49.4 Å². The Labute approximate surface area is 187 Å². The van der Waals surface area contributed by atoms with Gasteiger partial charge >= 0.3 is 0 Å². The van der Waals surface area contributed by atoms with E-state index in [2.05, 4.69) is 11.7 Å². The minimum atomic E-state index is -1.15. The number of nitrogens with zero attached hydrogens (tertiary/aromatic N) is 3. The van der Waals surface area contributed by atoms with E-state index in [0.717, 1.165) is 22.3 Å². The van der Waals surface area contributed by atoms with Crippen LogP contribution in [-0.4, -0.2) is 65.2 Å². The van der Waals surface area contributed by atoms with Gasteiger partial charge in [0, 0.05) is 31.7 Å². The first-order valence-corrected chi connectivity index (χ1v) is 10.8. The summed E-state index contributed by atoms with van der Waals surface area (Å²) in [6.07, 6.45) is 2.86. The quantitative estimate of drug-likeness (QED) is 0.709. The van der Waals surface area contributed by atoms with Gasteiger partial charge in [0.15, 0.2) is 0 Å². The maximum atomic E-state index is 12.9. The van der Waals surface area contributed by atoms with Crippen LogP contribution in [0.5, 0.6) is 0 Å². The predicted octanol–water partition coefficient (Wildman–Crippen LogP) is 2.43. The van der Waals surface area contributed by atoms with Crippen LogP contribution >= 0.6 is 0 Å². The predicted molar refractivity (Wildman–Crippen MR) is 125 cm³/mol. The Kier molecular flexibility index (Phi) is 5.84. The molecule has 3 N–H and O–H groups in total. The van der Waals surface area contributed by atoms with E-state index >= 15 is 0 Å². The molecule has 2 fully saturated rings. The molecule has 0 spiro atoms. The molecule has 1 aliphatic carbocycles. The Morgan fingerprint density at radius 1 is 1.03 bits per heavy atom. The van der Waals surface area contributed by atoms with Crippen molar-refractivity contribution in [3.8, 4) is 11.1 Å². The number of hydrogen-bond donors (Lipinski definition) is 2. The molecule has 2 aromatic rings. The fourth-order valence-electron chi connectivity index (χ4n) is 3.91. The third kappa shape index (κ3) is 4.43. The summed E-state index contributed by atoms with van der Waals surface area (Å²) in [5.41, 5.74) is 9.31. The van der Waals surface area contributed by atoms with Crippen molar-refractivity contribution < 1.29 is 14.7 Å². The van der Waals surface area contributed by atoms with Crippen molar-refractivity contribution >= 4 is 24.6 Å². The average Bonchev–Trinajstić information content (AvgIpc) is 3.58. The first-order valence-electron chi connectivity index (χ1n) is 10.8. The maximum absolute atomic E-state index is 12.9.